The summed E-state index contributed by atoms with van der Waals surface area (Å²) in [5, 5.41) is 5.24. The van der Waals surface area contributed by atoms with Crippen LogP contribution in [0, 0.1) is 0 Å². The molecule has 1 unspecified atom stereocenters. The van der Waals surface area contributed by atoms with Crippen LogP contribution in [0.3, 0.4) is 0 Å². The molecule has 1 atom stereocenters. The Kier molecular flexibility index (Phi) is 5.43. The van der Waals surface area contributed by atoms with Crippen molar-refractivity contribution in [3.05, 3.63) is 58.3 Å². The lowest BCUT2D eigenvalue weighted by atomic mass is 10.0. The molecule has 3 N–H and O–H groups in total. The lowest BCUT2D eigenvalue weighted by molar-refractivity contribution is -0.123. The molecule has 1 fully saturated rings. The molecule has 2 heterocycles. The number of carbonyl (C=O) groups excluding carboxylic acids is 1. The summed E-state index contributed by atoms with van der Waals surface area (Å²) < 4.78 is 0. The van der Waals surface area contributed by atoms with E-state index in [-0.39, 0.29) is 18.0 Å². The van der Waals surface area contributed by atoms with E-state index < -0.39 is 0 Å². The minimum absolute atomic E-state index is 0.0720. The zero-order valence-electron chi connectivity index (χ0n) is 13.2. The fourth-order valence-corrected chi connectivity index (χ4v) is 3.74. The van der Waals surface area contributed by atoms with Gasteiger partial charge < -0.3 is 11.1 Å². The molecule has 0 radical (unpaired) electrons. The third kappa shape index (κ3) is 4.41. The van der Waals surface area contributed by atoms with E-state index >= 15 is 0 Å². The fraction of sp³-hybridized carbons (Fsp3) is 0.389. The average molecular weight is 329 g/mol. The highest BCUT2D eigenvalue weighted by molar-refractivity contribution is 7.10. The number of amides is 1. The van der Waals surface area contributed by atoms with Crippen molar-refractivity contribution in [2.24, 2.45) is 5.73 Å². The first-order valence-electron chi connectivity index (χ1n) is 8.08. The Morgan fingerprint density at radius 2 is 1.96 bits per heavy atom. The van der Waals surface area contributed by atoms with Gasteiger partial charge in [-0.05, 0) is 29.9 Å². The maximum absolute atomic E-state index is 12.5. The van der Waals surface area contributed by atoms with Crippen molar-refractivity contribution in [2.75, 3.05) is 19.6 Å². The van der Waals surface area contributed by atoms with Crippen LogP contribution in [0.1, 0.15) is 29.3 Å². The first-order valence-corrected chi connectivity index (χ1v) is 8.96. The van der Waals surface area contributed by atoms with E-state index in [4.69, 9.17) is 5.73 Å². The van der Waals surface area contributed by atoms with Crippen LogP contribution in [0.5, 0.6) is 0 Å². The smallest absolute Gasteiger partial charge is 0.234 e. The quantitative estimate of drug-likeness (QED) is 0.885. The first-order chi connectivity index (χ1) is 11.2. The van der Waals surface area contributed by atoms with Crippen molar-refractivity contribution in [1.29, 1.82) is 0 Å². The zero-order chi connectivity index (χ0) is 16.1. The van der Waals surface area contributed by atoms with Gasteiger partial charge in [-0.15, -0.1) is 11.3 Å². The molecule has 1 amide bonds. The van der Waals surface area contributed by atoms with E-state index in [2.05, 4.69) is 28.4 Å². The highest BCUT2D eigenvalue weighted by atomic mass is 32.1. The number of nitrogens with zero attached hydrogens (tertiary/aromatic N) is 1. The number of carbonyl (C=O) groups is 1. The van der Waals surface area contributed by atoms with Crippen LogP contribution >= 0.6 is 11.3 Å². The molecule has 1 aromatic carbocycles. The number of rotatable bonds is 5. The van der Waals surface area contributed by atoms with Gasteiger partial charge in [0, 0.05) is 24.0 Å². The lowest BCUT2D eigenvalue weighted by Gasteiger charge is -2.30. The van der Waals surface area contributed by atoms with Crippen molar-refractivity contribution >= 4 is 17.2 Å². The van der Waals surface area contributed by atoms with E-state index in [9.17, 15) is 4.79 Å². The van der Waals surface area contributed by atoms with E-state index in [1.165, 1.54) is 0 Å². The van der Waals surface area contributed by atoms with Crippen LogP contribution in [0.15, 0.2) is 47.8 Å². The molecular weight excluding hydrogens is 306 g/mol. The Balaban J connectivity index is 1.65. The van der Waals surface area contributed by atoms with E-state index in [0.717, 1.165) is 36.4 Å². The van der Waals surface area contributed by atoms with Crippen LogP contribution in [0.4, 0.5) is 0 Å². The van der Waals surface area contributed by atoms with Gasteiger partial charge in [0.15, 0.2) is 0 Å². The Hall–Kier alpha value is -1.69. The number of nitrogens with two attached hydrogens (primary N) is 1. The van der Waals surface area contributed by atoms with Gasteiger partial charge in [0.25, 0.3) is 0 Å². The van der Waals surface area contributed by atoms with E-state index in [1.807, 2.05) is 29.6 Å². The van der Waals surface area contributed by atoms with Gasteiger partial charge >= 0.3 is 0 Å². The van der Waals surface area contributed by atoms with Gasteiger partial charge in [-0.2, -0.15) is 0 Å². The maximum atomic E-state index is 12.5. The molecule has 122 valence electrons. The Morgan fingerprint density at radius 3 is 2.61 bits per heavy atom. The van der Waals surface area contributed by atoms with Crippen molar-refractivity contribution in [1.82, 2.24) is 10.2 Å². The van der Waals surface area contributed by atoms with Crippen LogP contribution in [-0.2, 0) is 4.79 Å². The molecule has 5 heteroatoms. The van der Waals surface area contributed by atoms with Crippen molar-refractivity contribution in [3.63, 3.8) is 0 Å². The molecule has 1 aliphatic rings. The molecule has 1 saturated heterocycles. The molecule has 0 bridgehead atoms. The molecule has 0 aliphatic carbocycles. The number of likely N-dealkylation sites (tertiary alicyclic amines) is 1. The highest BCUT2D eigenvalue weighted by Crippen LogP contribution is 2.25. The topological polar surface area (TPSA) is 58.4 Å². The second kappa shape index (κ2) is 7.73. The van der Waals surface area contributed by atoms with Crippen LogP contribution < -0.4 is 11.1 Å². The molecule has 23 heavy (non-hydrogen) atoms. The van der Waals surface area contributed by atoms with Crippen LogP contribution in [0.2, 0.25) is 0 Å². The second-order valence-corrected chi connectivity index (χ2v) is 7.02. The van der Waals surface area contributed by atoms with Gasteiger partial charge in [-0.3, -0.25) is 9.69 Å². The number of hydrogen-bond acceptors (Lipinski definition) is 4. The van der Waals surface area contributed by atoms with E-state index in [0.29, 0.717) is 6.54 Å². The van der Waals surface area contributed by atoms with Crippen molar-refractivity contribution in [3.8, 4) is 0 Å². The van der Waals surface area contributed by atoms with Gasteiger partial charge in [0.1, 0.15) is 0 Å². The number of piperidine rings is 1. The minimum atomic E-state index is -0.0734. The summed E-state index contributed by atoms with van der Waals surface area (Å²) >= 11 is 1.67. The van der Waals surface area contributed by atoms with E-state index in [1.54, 1.807) is 11.3 Å². The molecule has 0 saturated carbocycles. The molecule has 1 aliphatic heterocycles. The Morgan fingerprint density at radius 1 is 1.22 bits per heavy atom. The van der Waals surface area contributed by atoms with Crippen LogP contribution in [0.25, 0.3) is 0 Å². The molecule has 2 aromatic rings. The number of benzene rings is 1. The summed E-state index contributed by atoms with van der Waals surface area (Å²) in [5.74, 6) is 0.0720. The molecule has 4 nitrogen and oxygen atoms in total. The average Bonchev–Trinajstić information content (AvgIpc) is 3.10. The zero-order valence-corrected chi connectivity index (χ0v) is 14.0. The summed E-state index contributed by atoms with van der Waals surface area (Å²) in [6, 6.07) is 14.4. The van der Waals surface area contributed by atoms with Gasteiger partial charge in [0.2, 0.25) is 5.91 Å². The normalized spacial score (nSPS) is 17.8. The summed E-state index contributed by atoms with van der Waals surface area (Å²) in [5.41, 5.74) is 7.04. The first kappa shape index (κ1) is 16.2. The predicted molar refractivity (Wildman–Crippen MR) is 94.4 cm³/mol. The lowest BCUT2D eigenvalue weighted by Crippen LogP contribution is -2.45. The largest absolute Gasteiger partial charge is 0.343 e. The monoisotopic (exact) mass is 329 g/mol. The predicted octanol–water partition coefficient (Wildman–Crippen LogP) is 2.38. The third-order valence-electron chi connectivity index (χ3n) is 4.27. The SMILES string of the molecule is NC1CCN(CC(=O)NC(c2ccccc2)c2cccs2)CC1. The summed E-state index contributed by atoms with van der Waals surface area (Å²) in [4.78, 5) is 15.8. The van der Waals surface area contributed by atoms with Gasteiger partial charge in [0.05, 0.1) is 12.6 Å². The van der Waals surface area contributed by atoms with Gasteiger partial charge in [-0.25, -0.2) is 0 Å². The minimum Gasteiger partial charge on any atom is -0.343 e. The number of nitrogens with one attached hydrogen (secondary N) is 1. The summed E-state index contributed by atoms with van der Waals surface area (Å²) in [6.07, 6.45) is 1.95. The molecular formula is C18H23N3OS. The van der Waals surface area contributed by atoms with Crippen molar-refractivity contribution < 1.29 is 4.79 Å². The highest BCUT2D eigenvalue weighted by Gasteiger charge is 2.21. The third-order valence-corrected chi connectivity index (χ3v) is 5.20. The summed E-state index contributed by atoms with van der Waals surface area (Å²) in [6.45, 7) is 2.26. The van der Waals surface area contributed by atoms with Gasteiger partial charge in [-0.1, -0.05) is 36.4 Å². The maximum Gasteiger partial charge on any atom is 0.234 e. The molecule has 3 rings (SSSR count). The second-order valence-electron chi connectivity index (χ2n) is 6.04. The number of hydrogen-bond donors (Lipinski definition) is 2. The Bertz CT molecular complexity index is 606. The standard InChI is InChI=1S/C18H23N3OS/c19-15-8-10-21(11-9-15)13-17(22)20-18(16-7-4-12-23-16)14-5-2-1-3-6-14/h1-7,12,15,18H,8-11,13,19H2,(H,20,22). The Labute approximate surface area is 141 Å². The molecule has 1 aromatic heterocycles. The van der Waals surface area contributed by atoms with Crippen LogP contribution in [-0.4, -0.2) is 36.5 Å². The molecule has 0 spiro atoms. The summed E-state index contributed by atoms with van der Waals surface area (Å²) in [7, 11) is 0. The number of thiophene rings is 1. The van der Waals surface area contributed by atoms with Crippen molar-refractivity contribution in [2.45, 2.75) is 24.9 Å². The fourth-order valence-electron chi connectivity index (χ4n) is 2.94.